The maximum atomic E-state index is 13.2. The highest BCUT2D eigenvalue weighted by Gasteiger charge is 2.16. The Morgan fingerprint density at radius 2 is 1.94 bits per heavy atom. The molecule has 0 spiro atoms. The Morgan fingerprint density at radius 1 is 1.28 bits per heavy atom. The summed E-state index contributed by atoms with van der Waals surface area (Å²) in [6.07, 6.45) is 1.17. The summed E-state index contributed by atoms with van der Waals surface area (Å²) in [5.41, 5.74) is -0.105. The lowest BCUT2D eigenvalue weighted by atomic mass is 10.2. The van der Waals surface area contributed by atoms with Crippen LogP contribution in [0.1, 0.15) is 16.1 Å². The number of furan rings is 1. The van der Waals surface area contributed by atoms with E-state index in [-0.39, 0.29) is 17.9 Å². The van der Waals surface area contributed by atoms with Gasteiger partial charge in [-0.15, -0.1) is 0 Å². The fourth-order valence-electron chi connectivity index (χ4n) is 1.40. The molecule has 0 saturated carbocycles. The van der Waals surface area contributed by atoms with Crippen molar-refractivity contribution in [3.63, 3.8) is 0 Å². The van der Waals surface area contributed by atoms with E-state index in [4.69, 9.17) is 14.3 Å². The van der Waals surface area contributed by atoms with Crippen LogP contribution in [0, 0.1) is 11.6 Å². The van der Waals surface area contributed by atoms with Crippen molar-refractivity contribution < 1.29 is 27.8 Å². The van der Waals surface area contributed by atoms with Crippen LogP contribution in [0.5, 0.6) is 5.75 Å². The molecule has 1 N–H and O–H groups in total. The zero-order valence-corrected chi connectivity index (χ0v) is 9.02. The van der Waals surface area contributed by atoms with Crippen LogP contribution in [0.3, 0.4) is 0 Å². The molecule has 6 heteroatoms. The molecule has 1 heterocycles. The molecule has 0 radical (unpaired) electrons. The molecule has 0 aliphatic heterocycles. The number of carboxylic acid groups (broad SMARTS) is 1. The van der Waals surface area contributed by atoms with E-state index in [1.54, 1.807) is 0 Å². The van der Waals surface area contributed by atoms with Gasteiger partial charge in [-0.1, -0.05) is 6.07 Å². The standard InChI is InChI=1S/C12H8F2O4/c13-8-2-1-3-9(14)11(8)18-6-10-7(12(15)16)4-5-17-10/h1-5H,6H2,(H,15,16). The van der Waals surface area contributed by atoms with Crippen molar-refractivity contribution in [3.05, 3.63) is 53.5 Å². The molecule has 0 bridgehead atoms. The van der Waals surface area contributed by atoms with Gasteiger partial charge in [0.1, 0.15) is 12.2 Å². The van der Waals surface area contributed by atoms with Gasteiger partial charge < -0.3 is 14.3 Å². The van der Waals surface area contributed by atoms with Gasteiger partial charge in [0.15, 0.2) is 23.1 Å². The second-order valence-electron chi connectivity index (χ2n) is 3.40. The van der Waals surface area contributed by atoms with Crippen LogP contribution < -0.4 is 4.74 Å². The predicted octanol–water partition coefficient (Wildman–Crippen LogP) is 2.84. The summed E-state index contributed by atoms with van der Waals surface area (Å²) in [4.78, 5) is 10.8. The second kappa shape index (κ2) is 4.87. The molecule has 2 aromatic rings. The third-order valence-electron chi connectivity index (χ3n) is 2.24. The van der Waals surface area contributed by atoms with E-state index in [0.717, 1.165) is 12.1 Å². The van der Waals surface area contributed by atoms with Crippen molar-refractivity contribution in [2.24, 2.45) is 0 Å². The molecule has 0 fully saturated rings. The maximum Gasteiger partial charge on any atom is 0.339 e. The van der Waals surface area contributed by atoms with Gasteiger partial charge in [-0.3, -0.25) is 0 Å². The van der Waals surface area contributed by atoms with Crippen molar-refractivity contribution in [1.29, 1.82) is 0 Å². The number of para-hydroxylation sites is 1. The summed E-state index contributed by atoms with van der Waals surface area (Å²) in [6, 6.07) is 4.52. The van der Waals surface area contributed by atoms with Crippen LogP contribution in [0.25, 0.3) is 0 Å². The summed E-state index contributed by atoms with van der Waals surface area (Å²) in [5, 5.41) is 8.80. The SMILES string of the molecule is O=C(O)c1ccoc1COc1c(F)cccc1F. The Hall–Kier alpha value is -2.37. The predicted molar refractivity (Wildman–Crippen MR) is 56.4 cm³/mol. The number of carboxylic acids is 1. The Balaban J connectivity index is 2.17. The molecule has 1 aromatic heterocycles. The van der Waals surface area contributed by atoms with Gasteiger partial charge in [0.05, 0.1) is 6.26 Å². The zero-order chi connectivity index (χ0) is 13.1. The third-order valence-corrected chi connectivity index (χ3v) is 2.24. The first-order valence-electron chi connectivity index (χ1n) is 4.96. The van der Waals surface area contributed by atoms with Gasteiger partial charge in [-0.25, -0.2) is 13.6 Å². The molecular weight excluding hydrogens is 246 g/mol. The summed E-state index contributed by atoms with van der Waals surface area (Å²) < 4.78 is 36.2. The molecule has 18 heavy (non-hydrogen) atoms. The number of halogens is 2. The van der Waals surface area contributed by atoms with Gasteiger partial charge in [0.25, 0.3) is 0 Å². The normalized spacial score (nSPS) is 10.3. The highest BCUT2D eigenvalue weighted by molar-refractivity contribution is 5.88. The molecule has 2 rings (SSSR count). The number of hydrogen-bond acceptors (Lipinski definition) is 3. The van der Waals surface area contributed by atoms with Crippen molar-refractivity contribution in [2.75, 3.05) is 0 Å². The van der Waals surface area contributed by atoms with E-state index >= 15 is 0 Å². The zero-order valence-electron chi connectivity index (χ0n) is 9.02. The van der Waals surface area contributed by atoms with Crippen molar-refractivity contribution in [2.45, 2.75) is 6.61 Å². The van der Waals surface area contributed by atoms with E-state index in [0.29, 0.717) is 0 Å². The lowest BCUT2D eigenvalue weighted by Crippen LogP contribution is -2.04. The molecule has 4 nitrogen and oxygen atoms in total. The number of carbonyl (C=O) groups is 1. The van der Waals surface area contributed by atoms with Crippen LogP contribution in [0.2, 0.25) is 0 Å². The number of hydrogen-bond donors (Lipinski definition) is 1. The highest BCUT2D eigenvalue weighted by Crippen LogP contribution is 2.22. The monoisotopic (exact) mass is 254 g/mol. The van der Waals surface area contributed by atoms with Gasteiger partial charge in [-0.2, -0.15) is 0 Å². The average Bonchev–Trinajstić information content (AvgIpc) is 2.76. The Labute approximate surface area is 100 Å². The smallest absolute Gasteiger partial charge is 0.339 e. The summed E-state index contributed by atoms with van der Waals surface area (Å²) in [6.45, 7) is -0.369. The Bertz CT molecular complexity index is 557. The third kappa shape index (κ3) is 2.32. The van der Waals surface area contributed by atoms with Crippen LogP contribution in [0.4, 0.5) is 8.78 Å². The number of benzene rings is 1. The Morgan fingerprint density at radius 3 is 2.56 bits per heavy atom. The number of ether oxygens (including phenoxy) is 1. The fraction of sp³-hybridized carbons (Fsp3) is 0.0833. The minimum absolute atomic E-state index is 0.00912. The fourth-order valence-corrected chi connectivity index (χ4v) is 1.40. The van der Waals surface area contributed by atoms with Crippen LogP contribution in [-0.2, 0) is 6.61 Å². The van der Waals surface area contributed by atoms with E-state index in [2.05, 4.69) is 0 Å². The molecule has 0 atom stereocenters. The Kier molecular flexibility index (Phi) is 3.27. The van der Waals surface area contributed by atoms with E-state index in [1.807, 2.05) is 0 Å². The summed E-state index contributed by atoms with van der Waals surface area (Å²) in [7, 11) is 0. The molecule has 0 saturated heterocycles. The van der Waals surface area contributed by atoms with Crippen molar-refractivity contribution in [1.82, 2.24) is 0 Å². The molecule has 0 unspecified atom stereocenters. The molecular formula is C12H8F2O4. The van der Waals surface area contributed by atoms with Gasteiger partial charge in [0, 0.05) is 0 Å². The van der Waals surface area contributed by atoms with Crippen molar-refractivity contribution in [3.8, 4) is 5.75 Å². The molecule has 0 aliphatic carbocycles. The molecule has 0 aliphatic rings. The van der Waals surface area contributed by atoms with E-state index in [9.17, 15) is 13.6 Å². The maximum absolute atomic E-state index is 13.2. The summed E-state index contributed by atoms with van der Waals surface area (Å²) >= 11 is 0. The quantitative estimate of drug-likeness (QED) is 0.911. The largest absolute Gasteiger partial charge is 0.479 e. The topological polar surface area (TPSA) is 59.7 Å². The highest BCUT2D eigenvalue weighted by atomic mass is 19.1. The van der Waals surface area contributed by atoms with Gasteiger partial charge in [-0.05, 0) is 18.2 Å². The minimum atomic E-state index is -1.20. The van der Waals surface area contributed by atoms with Gasteiger partial charge >= 0.3 is 5.97 Å². The number of aromatic carboxylic acids is 1. The van der Waals surface area contributed by atoms with Crippen LogP contribution >= 0.6 is 0 Å². The second-order valence-corrected chi connectivity index (χ2v) is 3.40. The first kappa shape index (κ1) is 12.1. The van der Waals surface area contributed by atoms with E-state index in [1.165, 1.54) is 18.4 Å². The molecule has 94 valence electrons. The van der Waals surface area contributed by atoms with Crippen molar-refractivity contribution >= 4 is 5.97 Å². The lowest BCUT2D eigenvalue weighted by Gasteiger charge is -2.06. The first-order valence-corrected chi connectivity index (χ1v) is 4.96. The summed E-state index contributed by atoms with van der Waals surface area (Å²) in [5.74, 6) is -3.50. The van der Waals surface area contributed by atoms with E-state index < -0.39 is 23.4 Å². The van der Waals surface area contributed by atoms with Gasteiger partial charge in [0.2, 0.25) is 0 Å². The van der Waals surface area contributed by atoms with Crippen LogP contribution in [-0.4, -0.2) is 11.1 Å². The molecule has 0 amide bonds. The number of rotatable bonds is 4. The minimum Gasteiger partial charge on any atom is -0.479 e. The lowest BCUT2D eigenvalue weighted by molar-refractivity contribution is 0.0691. The molecule has 1 aromatic carbocycles. The average molecular weight is 254 g/mol. The first-order chi connectivity index (χ1) is 8.59. The van der Waals surface area contributed by atoms with Crippen LogP contribution in [0.15, 0.2) is 34.9 Å².